The van der Waals surface area contributed by atoms with Gasteiger partial charge in [0.1, 0.15) is 10.0 Å². The minimum atomic E-state index is -0.440. The van der Waals surface area contributed by atoms with Gasteiger partial charge >= 0.3 is 6.03 Å². The predicted molar refractivity (Wildman–Crippen MR) is 113 cm³/mol. The second kappa shape index (κ2) is 8.52. The largest absolute Gasteiger partial charge is 0.367 e. The van der Waals surface area contributed by atoms with E-state index in [9.17, 15) is 14.4 Å². The van der Waals surface area contributed by atoms with Gasteiger partial charge < -0.3 is 20.4 Å². The van der Waals surface area contributed by atoms with Gasteiger partial charge in [-0.05, 0) is 12.8 Å². The molecule has 4 rings (SSSR count). The molecule has 0 bridgehead atoms. The lowest BCUT2D eigenvalue weighted by Gasteiger charge is -2.21. The molecule has 2 saturated heterocycles. The average molecular weight is 455 g/mol. The molecule has 4 heterocycles. The van der Waals surface area contributed by atoms with E-state index in [4.69, 9.17) is 23.2 Å². The van der Waals surface area contributed by atoms with Crippen molar-refractivity contribution in [3.05, 3.63) is 43.1 Å². The van der Waals surface area contributed by atoms with Crippen LogP contribution in [0.1, 0.15) is 12.8 Å². The maximum Gasteiger partial charge on any atom is 0.315 e. The zero-order valence-electron chi connectivity index (χ0n) is 15.8. The van der Waals surface area contributed by atoms with Crippen LogP contribution in [-0.2, 0) is 0 Å². The SMILES string of the molecule is O=C(N[C@@H]1CCN(c2cn[nH]c(=O)c2Cl)C1)N[C@@H]1CCN(c2cn[nH]c(=O)c2Cl)C1. The van der Waals surface area contributed by atoms with Crippen molar-refractivity contribution >= 4 is 40.6 Å². The fourth-order valence-electron chi connectivity index (χ4n) is 3.80. The molecule has 0 radical (unpaired) electrons. The molecule has 0 aromatic carbocycles. The highest BCUT2D eigenvalue weighted by Gasteiger charge is 2.29. The molecule has 13 heteroatoms. The summed E-state index contributed by atoms with van der Waals surface area (Å²) in [6, 6.07) is -0.424. The Labute approximate surface area is 180 Å². The summed E-state index contributed by atoms with van der Waals surface area (Å²) in [6.07, 6.45) is 4.46. The number of anilines is 2. The molecule has 11 nitrogen and oxygen atoms in total. The van der Waals surface area contributed by atoms with E-state index in [0.29, 0.717) is 37.6 Å². The molecule has 2 amide bonds. The number of rotatable bonds is 4. The molecule has 2 aliphatic rings. The van der Waals surface area contributed by atoms with Crippen molar-refractivity contribution in [2.75, 3.05) is 36.0 Å². The number of carbonyl (C=O) groups excluding carboxylic acids is 1. The highest BCUT2D eigenvalue weighted by molar-refractivity contribution is 6.33. The summed E-state index contributed by atoms with van der Waals surface area (Å²) in [5.74, 6) is 0. The van der Waals surface area contributed by atoms with Crippen molar-refractivity contribution in [3.8, 4) is 0 Å². The van der Waals surface area contributed by atoms with E-state index in [0.717, 1.165) is 12.8 Å². The van der Waals surface area contributed by atoms with Crippen molar-refractivity contribution in [2.45, 2.75) is 24.9 Å². The van der Waals surface area contributed by atoms with Crippen molar-refractivity contribution < 1.29 is 4.79 Å². The van der Waals surface area contributed by atoms with Crippen LogP contribution in [0.25, 0.3) is 0 Å². The monoisotopic (exact) mass is 454 g/mol. The smallest absolute Gasteiger partial charge is 0.315 e. The molecule has 30 heavy (non-hydrogen) atoms. The van der Waals surface area contributed by atoms with Crippen LogP contribution >= 0.6 is 23.2 Å². The summed E-state index contributed by atoms with van der Waals surface area (Å²) in [6.45, 7) is 2.37. The van der Waals surface area contributed by atoms with Crippen LogP contribution in [0.15, 0.2) is 22.0 Å². The number of aromatic nitrogens is 4. The van der Waals surface area contributed by atoms with Gasteiger partial charge in [-0.1, -0.05) is 23.2 Å². The number of urea groups is 1. The van der Waals surface area contributed by atoms with Crippen molar-refractivity contribution in [1.29, 1.82) is 0 Å². The number of nitrogens with one attached hydrogen (secondary N) is 4. The minimum Gasteiger partial charge on any atom is -0.367 e. The first-order valence-electron chi connectivity index (χ1n) is 9.45. The number of H-pyrrole nitrogens is 2. The second-order valence-corrected chi connectivity index (χ2v) is 8.03. The Kier molecular flexibility index (Phi) is 5.82. The Balaban J connectivity index is 1.29. The van der Waals surface area contributed by atoms with Crippen LogP contribution in [0.4, 0.5) is 16.2 Å². The van der Waals surface area contributed by atoms with E-state index in [-0.39, 0.29) is 28.2 Å². The van der Waals surface area contributed by atoms with Gasteiger partial charge in [0.15, 0.2) is 0 Å². The lowest BCUT2D eigenvalue weighted by Crippen LogP contribution is -2.48. The topological polar surface area (TPSA) is 139 Å². The third-order valence-electron chi connectivity index (χ3n) is 5.28. The Morgan fingerprint density at radius 3 is 1.77 bits per heavy atom. The molecule has 2 atom stereocenters. The van der Waals surface area contributed by atoms with Gasteiger partial charge in [0.25, 0.3) is 11.1 Å². The van der Waals surface area contributed by atoms with Crippen LogP contribution in [0.3, 0.4) is 0 Å². The molecule has 0 spiro atoms. The van der Waals surface area contributed by atoms with Crippen LogP contribution in [0.5, 0.6) is 0 Å². The van der Waals surface area contributed by atoms with Crippen LogP contribution < -0.4 is 31.6 Å². The highest BCUT2D eigenvalue weighted by atomic mass is 35.5. The Hall–Kier alpha value is -2.79. The summed E-state index contributed by atoms with van der Waals surface area (Å²) in [7, 11) is 0. The fraction of sp³-hybridized carbons (Fsp3) is 0.471. The third-order valence-corrected chi connectivity index (χ3v) is 6.01. The number of aromatic amines is 2. The maximum atomic E-state index is 12.4. The number of amides is 2. The van der Waals surface area contributed by atoms with Crippen LogP contribution in [0, 0.1) is 0 Å². The molecule has 0 aliphatic carbocycles. The molecular weight excluding hydrogens is 435 g/mol. The molecule has 2 aromatic heterocycles. The number of halogens is 2. The first kappa shape index (κ1) is 20.5. The van der Waals surface area contributed by atoms with Gasteiger partial charge in [-0.2, -0.15) is 10.2 Å². The van der Waals surface area contributed by atoms with Crippen LogP contribution in [-0.4, -0.2) is 64.7 Å². The van der Waals surface area contributed by atoms with E-state index in [2.05, 4.69) is 31.0 Å². The highest BCUT2D eigenvalue weighted by Crippen LogP contribution is 2.26. The third kappa shape index (κ3) is 4.21. The molecule has 4 N–H and O–H groups in total. The van der Waals surface area contributed by atoms with Crippen molar-refractivity contribution in [1.82, 2.24) is 31.0 Å². The van der Waals surface area contributed by atoms with E-state index in [1.165, 1.54) is 12.4 Å². The van der Waals surface area contributed by atoms with Crippen molar-refractivity contribution in [3.63, 3.8) is 0 Å². The van der Waals surface area contributed by atoms with E-state index < -0.39 is 11.1 Å². The quantitative estimate of drug-likeness (QED) is 0.521. The lowest BCUT2D eigenvalue weighted by atomic mass is 10.2. The normalized spacial score (nSPS) is 21.1. The molecule has 2 aliphatic heterocycles. The molecule has 0 saturated carbocycles. The van der Waals surface area contributed by atoms with Gasteiger partial charge in [-0.15, -0.1) is 0 Å². The summed E-state index contributed by atoms with van der Waals surface area (Å²) in [4.78, 5) is 39.5. The maximum absolute atomic E-state index is 12.4. The molecule has 2 aromatic rings. The van der Waals surface area contributed by atoms with E-state index in [1.807, 2.05) is 9.80 Å². The van der Waals surface area contributed by atoms with Gasteiger partial charge in [-0.3, -0.25) is 9.59 Å². The standard InChI is InChI=1S/C17H20Cl2N8O3/c18-13-11(5-20-24-15(13)28)26-3-1-9(7-26)22-17(30)23-10-2-4-27(8-10)12-6-21-25-16(29)14(12)19/h5-6,9-10H,1-4,7-8H2,(H,24,28)(H,25,29)(H2,22,23,30)/t9-,10-/m1/s1. The Bertz CT molecular complexity index is 976. The summed E-state index contributed by atoms with van der Waals surface area (Å²) < 4.78 is 0. The zero-order valence-corrected chi connectivity index (χ0v) is 17.3. The first-order valence-corrected chi connectivity index (χ1v) is 10.2. The molecule has 160 valence electrons. The van der Waals surface area contributed by atoms with Crippen LogP contribution in [0.2, 0.25) is 10.0 Å². The van der Waals surface area contributed by atoms with Gasteiger partial charge in [0.05, 0.1) is 23.8 Å². The molecule has 2 fully saturated rings. The lowest BCUT2D eigenvalue weighted by molar-refractivity contribution is 0.234. The number of nitrogens with zero attached hydrogens (tertiary/aromatic N) is 4. The van der Waals surface area contributed by atoms with Crippen molar-refractivity contribution in [2.24, 2.45) is 0 Å². The first-order chi connectivity index (χ1) is 14.4. The second-order valence-electron chi connectivity index (χ2n) is 7.28. The molecular formula is C17H20Cl2N8O3. The van der Waals surface area contributed by atoms with Gasteiger partial charge in [0, 0.05) is 38.3 Å². The van der Waals surface area contributed by atoms with Gasteiger partial charge in [-0.25, -0.2) is 15.0 Å². The zero-order chi connectivity index (χ0) is 21.3. The molecule has 0 unspecified atom stereocenters. The Morgan fingerprint density at radius 2 is 1.33 bits per heavy atom. The van der Waals surface area contributed by atoms with E-state index in [1.54, 1.807) is 0 Å². The van der Waals surface area contributed by atoms with Gasteiger partial charge in [0.2, 0.25) is 0 Å². The average Bonchev–Trinajstić information content (AvgIpc) is 3.36. The summed E-state index contributed by atoms with van der Waals surface area (Å²) in [5, 5.41) is 18.3. The number of hydrogen-bond acceptors (Lipinski definition) is 7. The summed E-state index contributed by atoms with van der Waals surface area (Å²) >= 11 is 12.1. The van der Waals surface area contributed by atoms with E-state index >= 15 is 0 Å². The fourth-order valence-corrected chi connectivity index (χ4v) is 4.22. The number of carbonyl (C=O) groups is 1. The Morgan fingerprint density at radius 1 is 0.900 bits per heavy atom. The summed E-state index contributed by atoms with van der Waals surface area (Å²) in [5.41, 5.74) is 0.231. The predicted octanol–water partition coefficient (Wildman–Crippen LogP) is 0.317. The minimum absolute atomic E-state index is 0.0795. The number of hydrogen-bond donors (Lipinski definition) is 4.